The molecular formula is C14H11F2N3O2. The Labute approximate surface area is 118 Å². The molecule has 3 heterocycles. The van der Waals surface area contributed by atoms with Gasteiger partial charge < -0.3 is 0 Å². The fourth-order valence-corrected chi connectivity index (χ4v) is 3.14. The minimum Gasteiger partial charge on any atom is -0.295 e. The highest BCUT2D eigenvalue weighted by Crippen LogP contribution is 2.37. The topological polar surface area (TPSA) is 61.8 Å². The van der Waals surface area contributed by atoms with Gasteiger partial charge in [-0.3, -0.25) is 19.8 Å². The molecule has 2 unspecified atom stereocenters. The maximum atomic E-state index is 13.4. The normalized spacial score (nSPS) is 27.1. The number of carbonyl (C=O) groups is 2. The summed E-state index contributed by atoms with van der Waals surface area (Å²) in [5, 5.41) is 3.10. The lowest BCUT2D eigenvalue weighted by Gasteiger charge is -2.36. The Kier molecular flexibility index (Phi) is 2.50. The summed E-state index contributed by atoms with van der Waals surface area (Å²) in [7, 11) is 0. The Balaban J connectivity index is 1.89. The van der Waals surface area contributed by atoms with Gasteiger partial charge in [0.1, 0.15) is 6.17 Å². The number of ketones is 1. The second-order valence-corrected chi connectivity index (χ2v) is 5.39. The number of piperidine rings is 1. The van der Waals surface area contributed by atoms with Gasteiger partial charge >= 0.3 is 0 Å². The van der Waals surface area contributed by atoms with Crippen LogP contribution in [0.25, 0.3) is 0 Å². The van der Waals surface area contributed by atoms with E-state index in [-0.39, 0.29) is 28.9 Å². The molecule has 1 saturated heterocycles. The molecule has 3 aliphatic heterocycles. The number of rotatable bonds is 0. The molecule has 108 valence electrons. The summed E-state index contributed by atoms with van der Waals surface area (Å²) in [5.74, 6) is -3.42. The minimum atomic E-state index is -1.11. The second kappa shape index (κ2) is 4.17. The Morgan fingerprint density at radius 1 is 1.24 bits per heavy atom. The monoisotopic (exact) mass is 291 g/mol. The summed E-state index contributed by atoms with van der Waals surface area (Å²) in [6.45, 7) is 0.732. The molecule has 1 aromatic rings. The fourth-order valence-electron chi connectivity index (χ4n) is 3.14. The number of hydrogen-bond donors (Lipinski definition) is 1. The van der Waals surface area contributed by atoms with Gasteiger partial charge in [0.05, 0.1) is 17.2 Å². The Morgan fingerprint density at radius 2 is 2.00 bits per heavy atom. The number of Topliss-reactive ketones (excluding diaryl/α,β-unsaturated/α-hetero) is 1. The number of amidine groups is 1. The largest absolute Gasteiger partial charge is 0.295 e. The van der Waals surface area contributed by atoms with E-state index < -0.39 is 23.6 Å². The van der Waals surface area contributed by atoms with Crippen molar-refractivity contribution in [3.8, 4) is 0 Å². The van der Waals surface area contributed by atoms with E-state index in [0.717, 1.165) is 30.0 Å². The van der Waals surface area contributed by atoms with Crippen molar-refractivity contribution in [2.75, 3.05) is 11.4 Å². The number of nitrogens with one attached hydrogen (secondary N) is 1. The van der Waals surface area contributed by atoms with Gasteiger partial charge in [0.2, 0.25) is 11.7 Å². The molecule has 2 atom stereocenters. The predicted octanol–water partition coefficient (Wildman–Crippen LogP) is 1.23. The van der Waals surface area contributed by atoms with Crippen molar-refractivity contribution in [3.63, 3.8) is 0 Å². The Bertz CT molecular complexity index is 716. The van der Waals surface area contributed by atoms with Crippen LogP contribution < -0.4 is 10.2 Å². The van der Waals surface area contributed by atoms with E-state index >= 15 is 0 Å². The van der Waals surface area contributed by atoms with E-state index in [0.29, 0.717) is 6.42 Å². The minimum absolute atomic E-state index is 0.0142. The molecule has 0 saturated carbocycles. The molecule has 1 amide bonds. The van der Waals surface area contributed by atoms with E-state index in [4.69, 9.17) is 0 Å². The first-order chi connectivity index (χ1) is 10.1. The SMILES string of the molecule is O=C1C2=NC3NCCCC3C(=O)N2c2cc(F)c(F)cc21. The number of carbonyl (C=O) groups excluding carboxylic acids is 2. The van der Waals surface area contributed by atoms with Crippen LogP contribution in [0.2, 0.25) is 0 Å². The van der Waals surface area contributed by atoms with Crippen LogP contribution in [-0.4, -0.2) is 30.2 Å². The molecule has 1 N–H and O–H groups in total. The summed E-state index contributed by atoms with van der Waals surface area (Å²) in [6, 6.07) is 1.72. The third-order valence-electron chi connectivity index (χ3n) is 4.16. The second-order valence-electron chi connectivity index (χ2n) is 5.39. The lowest BCUT2D eigenvalue weighted by molar-refractivity contribution is -0.123. The molecule has 1 fully saturated rings. The highest BCUT2D eigenvalue weighted by molar-refractivity contribution is 6.58. The lowest BCUT2D eigenvalue weighted by Crippen LogP contribution is -2.55. The first-order valence-electron chi connectivity index (χ1n) is 6.77. The van der Waals surface area contributed by atoms with E-state index in [9.17, 15) is 18.4 Å². The van der Waals surface area contributed by atoms with Crippen LogP contribution in [0.1, 0.15) is 23.2 Å². The average molecular weight is 291 g/mol. The molecule has 0 spiro atoms. The van der Waals surface area contributed by atoms with Crippen molar-refractivity contribution in [2.24, 2.45) is 10.9 Å². The highest BCUT2D eigenvalue weighted by Gasteiger charge is 2.47. The summed E-state index contributed by atoms with van der Waals surface area (Å²) in [4.78, 5) is 30.3. The number of nitrogens with zero attached hydrogens (tertiary/aromatic N) is 2. The molecule has 4 rings (SSSR count). The summed E-state index contributed by atoms with van der Waals surface area (Å²) < 4.78 is 26.8. The molecule has 3 aliphatic rings. The molecular weight excluding hydrogens is 280 g/mol. The zero-order valence-electron chi connectivity index (χ0n) is 10.9. The molecule has 5 nitrogen and oxygen atoms in total. The van der Waals surface area contributed by atoms with Gasteiger partial charge in [0, 0.05) is 6.07 Å². The highest BCUT2D eigenvalue weighted by atomic mass is 19.2. The van der Waals surface area contributed by atoms with Crippen molar-refractivity contribution in [1.29, 1.82) is 0 Å². The van der Waals surface area contributed by atoms with Gasteiger partial charge in [0.15, 0.2) is 17.5 Å². The van der Waals surface area contributed by atoms with Gasteiger partial charge in [-0.15, -0.1) is 0 Å². The van der Waals surface area contributed by atoms with Crippen molar-refractivity contribution in [2.45, 2.75) is 19.0 Å². The molecule has 1 aromatic carbocycles. The zero-order valence-corrected chi connectivity index (χ0v) is 10.9. The van der Waals surface area contributed by atoms with Gasteiger partial charge in [-0.05, 0) is 25.5 Å². The molecule has 0 radical (unpaired) electrons. The summed E-state index contributed by atoms with van der Waals surface area (Å²) in [6.07, 6.45) is 1.08. The lowest BCUT2D eigenvalue weighted by atomic mass is 9.93. The number of halogens is 2. The van der Waals surface area contributed by atoms with Gasteiger partial charge in [0.25, 0.3) is 0 Å². The zero-order chi connectivity index (χ0) is 14.7. The van der Waals surface area contributed by atoms with Crippen LogP contribution in [0, 0.1) is 17.6 Å². The van der Waals surface area contributed by atoms with E-state index in [1.165, 1.54) is 0 Å². The van der Waals surface area contributed by atoms with Crippen LogP contribution >= 0.6 is 0 Å². The van der Waals surface area contributed by atoms with Crippen molar-refractivity contribution in [3.05, 3.63) is 29.3 Å². The van der Waals surface area contributed by atoms with Crippen molar-refractivity contribution in [1.82, 2.24) is 5.32 Å². The molecule has 21 heavy (non-hydrogen) atoms. The van der Waals surface area contributed by atoms with Gasteiger partial charge in [-0.25, -0.2) is 13.8 Å². The Morgan fingerprint density at radius 3 is 2.81 bits per heavy atom. The first-order valence-corrected chi connectivity index (χ1v) is 6.77. The molecule has 7 heteroatoms. The smallest absolute Gasteiger partial charge is 0.239 e. The van der Waals surface area contributed by atoms with Gasteiger partial charge in [-0.2, -0.15) is 0 Å². The number of aliphatic imine (C=N–C) groups is 1. The first kappa shape index (κ1) is 12.6. The standard InChI is InChI=1S/C14H11F2N3O2/c15-8-4-7-10(5-9(8)16)19-13(11(7)20)18-12-6(14(19)21)2-1-3-17-12/h4-6,12,17H,1-3H2. The van der Waals surface area contributed by atoms with E-state index in [1.807, 2.05) is 0 Å². The molecule has 0 aromatic heterocycles. The van der Waals surface area contributed by atoms with Crippen LogP contribution in [0.4, 0.5) is 14.5 Å². The van der Waals surface area contributed by atoms with Crippen molar-refractivity contribution >= 4 is 23.2 Å². The number of amides is 1. The maximum absolute atomic E-state index is 13.4. The molecule has 0 aliphatic carbocycles. The van der Waals surface area contributed by atoms with E-state index in [2.05, 4.69) is 10.3 Å². The van der Waals surface area contributed by atoms with Crippen LogP contribution in [0.3, 0.4) is 0 Å². The number of fused-ring (bicyclic) bond motifs is 4. The Hall–Kier alpha value is -2.15. The average Bonchev–Trinajstić information content (AvgIpc) is 2.74. The molecule has 0 bridgehead atoms. The number of anilines is 1. The summed E-state index contributed by atoms with van der Waals surface area (Å²) in [5.41, 5.74) is 0.0753. The van der Waals surface area contributed by atoms with E-state index in [1.54, 1.807) is 0 Å². The van der Waals surface area contributed by atoms with Crippen molar-refractivity contribution < 1.29 is 18.4 Å². The summed E-state index contributed by atoms with van der Waals surface area (Å²) >= 11 is 0. The van der Waals surface area contributed by atoms with Crippen LogP contribution in [0.15, 0.2) is 17.1 Å². The number of benzene rings is 1. The third-order valence-corrected chi connectivity index (χ3v) is 4.16. The van der Waals surface area contributed by atoms with Crippen LogP contribution in [-0.2, 0) is 4.79 Å². The number of hydrogen-bond acceptors (Lipinski definition) is 4. The van der Waals surface area contributed by atoms with Crippen LogP contribution in [0.5, 0.6) is 0 Å². The third kappa shape index (κ3) is 1.61. The maximum Gasteiger partial charge on any atom is 0.239 e. The van der Waals surface area contributed by atoms with Gasteiger partial charge in [-0.1, -0.05) is 0 Å². The quantitative estimate of drug-likeness (QED) is 0.782. The fraction of sp³-hybridized carbons (Fsp3) is 0.357. The predicted molar refractivity (Wildman–Crippen MR) is 70.1 cm³/mol.